The zero-order valence-electron chi connectivity index (χ0n) is 9.86. The molecule has 0 spiro atoms. The van der Waals surface area contributed by atoms with Gasteiger partial charge in [0.1, 0.15) is 0 Å². The molecule has 1 heterocycles. The van der Waals surface area contributed by atoms with E-state index in [9.17, 15) is 0 Å². The molecule has 2 aliphatic rings. The molecule has 1 unspecified atom stereocenters. The zero-order valence-corrected chi connectivity index (χ0v) is 11.4. The Labute approximate surface area is 110 Å². The molecule has 0 aromatic heterocycles. The number of halogens is 1. The van der Waals surface area contributed by atoms with Crippen molar-refractivity contribution in [3.63, 3.8) is 0 Å². The predicted molar refractivity (Wildman–Crippen MR) is 73.0 cm³/mol. The van der Waals surface area contributed by atoms with Crippen LogP contribution >= 0.6 is 15.9 Å². The molecule has 4 heteroatoms. The van der Waals surface area contributed by atoms with Gasteiger partial charge in [-0.2, -0.15) is 0 Å². The summed E-state index contributed by atoms with van der Waals surface area (Å²) in [6.07, 6.45) is 2.50. The van der Waals surface area contributed by atoms with Crippen molar-refractivity contribution in [3.8, 4) is 0 Å². The molecule has 1 saturated carbocycles. The first kappa shape index (κ1) is 11.1. The quantitative estimate of drug-likeness (QED) is 0.911. The minimum Gasteiger partial charge on any atom is -0.370 e. The molecular formula is C13H16BrN3. The average Bonchev–Trinajstić information content (AvgIpc) is 3.06. The van der Waals surface area contributed by atoms with E-state index in [1.165, 1.54) is 24.0 Å². The van der Waals surface area contributed by atoms with E-state index in [1.807, 2.05) is 0 Å². The van der Waals surface area contributed by atoms with E-state index in [0.717, 1.165) is 17.0 Å². The summed E-state index contributed by atoms with van der Waals surface area (Å²) in [7, 11) is 0. The normalized spacial score (nSPS) is 24.0. The van der Waals surface area contributed by atoms with Crippen LogP contribution in [0.3, 0.4) is 0 Å². The van der Waals surface area contributed by atoms with Crippen LogP contribution < -0.4 is 5.73 Å². The maximum atomic E-state index is 5.98. The molecule has 3 nitrogen and oxygen atoms in total. The second-order valence-corrected chi connectivity index (χ2v) is 5.72. The van der Waals surface area contributed by atoms with Crippen molar-refractivity contribution in [3.05, 3.63) is 33.8 Å². The first-order valence-corrected chi connectivity index (χ1v) is 6.80. The monoisotopic (exact) mass is 293 g/mol. The van der Waals surface area contributed by atoms with Crippen LogP contribution in [-0.2, 0) is 0 Å². The second kappa shape index (κ2) is 4.02. The SMILES string of the molecule is Cc1cc(C2CN=C(N)N2C2CC2)ccc1Br. The number of aryl methyl sites for hydroxylation is 1. The van der Waals surface area contributed by atoms with Gasteiger partial charge >= 0.3 is 0 Å². The largest absolute Gasteiger partial charge is 0.370 e. The summed E-state index contributed by atoms with van der Waals surface area (Å²) < 4.78 is 1.16. The number of nitrogens with zero attached hydrogens (tertiary/aromatic N) is 2. The molecule has 1 aliphatic heterocycles. The van der Waals surface area contributed by atoms with Crippen molar-refractivity contribution in [2.75, 3.05) is 6.54 Å². The highest BCUT2D eigenvalue weighted by Crippen LogP contribution is 2.37. The highest BCUT2D eigenvalue weighted by atomic mass is 79.9. The van der Waals surface area contributed by atoms with Crippen LogP contribution in [0.25, 0.3) is 0 Å². The summed E-state index contributed by atoms with van der Waals surface area (Å²) in [5.74, 6) is 0.720. The molecule has 1 atom stereocenters. The molecule has 1 aliphatic carbocycles. The first-order valence-electron chi connectivity index (χ1n) is 6.01. The zero-order chi connectivity index (χ0) is 12.0. The lowest BCUT2D eigenvalue weighted by Crippen LogP contribution is -2.37. The number of benzene rings is 1. The summed E-state index contributed by atoms with van der Waals surface area (Å²) >= 11 is 3.54. The Kier molecular flexibility index (Phi) is 2.62. The molecule has 1 aromatic rings. The van der Waals surface area contributed by atoms with Gasteiger partial charge in [0.15, 0.2) is 5.96 Å². The van der Waals surface area contributed by atoms with Crippen molar-refractivity contribution in [2.45, 2.75) is 31.8 Å². The van der Waals surface area contributed by atoms with Crippen molar-refractivity contribution in [1.82, 2.24) is 4.90 Å². The molecule has 0 amide bonds. The van der Waals surface area contributed by atoms with Gasteiger partial charge in [-0.1, -0.05) is 28.1 Å². The van der Waals surface area contributed by atoms with E-state index in [1.54, 1.807) is 0 Å². The number of aliphatic imine (C=N–C) groups is 1. The molecule has 2 N–H and O–H groups in total. The fourth-order valence-electron chi connectivity index (χ4n) is 2.44. The van der Waals surface area contributed by atoms with Gasteiger partial charge in [-0.05, 0) is 37.0 Å². The summed E-state index contributed by atoms with van der Waals surface area (Å²) in [6, 6.07) is 7.48. The molecule has 1 aromatic carbocycles. The number of nitrogens with two attached hydrogens (primary N) is 1. The van der Waals surface area contributed by atoms with Gasteiger partial charge in [0.2, 0.25) is 0 Å². The van der Waals surface area contributed by atoms with Gasteiger partial charge in [0.25, 0.3) is 0 Å². The summed E-state index contributed by atoms with van der Waals surface area (Å²) in [5.41, 5.74) is 8.57. The van der Waals surface area contributed by atoms with Crippen LogP contribution in [0.15, 0.2) is 27.7 Å². The van der Waals surface area contributed by atoms with Crippen molar-refractivity contribution >= 4 is 21.9 Å². The van der Waals surface area contributed by atoms with Gasteiger partial charge in [-0.3, -0.25) is 4.99 Å². The van der Waals surface area contributed by atoms with Crippen molar-refractivity contribution < 1.29 is 0 Å². The van der Waals surface area contributed by atoms with Crippen LogP contribution in [0.2, 0.25) is 0 Å². The van der Waals surface area contributed by atoms with Crippen LogP contribution in [0.4, 0.5) is 0 Å². The molecule has 90 valence electrons. The smallest absolute Gasteiger partial charge is 0.192 e. The van der Waals surface area contributed by atoms with Gasteiger partial charge in [-0.15, -0.1) is 0 Å². The molecular weight excluding hydrogens is 278 g/mol. The Balaban J connectivity index is 1.91. The Morgan fingerprint density at radius 2 is 2.18 bits per heavy atom. The van der Waals surface area contributed by atoms with E-state index in [-0.39, 0.29) is 0 Å². The van der Waals surface area contributed by atoms with Crippen LogP contribution in [0.5, 0.6) is 0 Å². The van der Waals surface area contributed by atoms with E-state index >= 15 is 0 Å². The number of hydrogen-bond acceptors (Lipinski definition) is 3. The van der Waals surface area contributed by atoms with E-state index in [4.69, 9.17) is 5.73 Å². The maximum Gasteiger partial charge on any atom is 0.192 e. The van der Waals surface area contributed by atoms with Crippen molar-refractivity contribution in [1.29, 1.82) is 0 Å². The van der Waals surface area contributed by atoms with Gasteiger partial charge < -0.3 is 10.6 Å². The Bertz CT molecular complexity index is 480. The van der Waals surface area contributed by atoms with Gasteiger partial charge in [0.05, 0.1) is 12.6 Å². The molecule has 3 rings (SSSR count). The lowest BCUT2D eigenvalue weighted by atomic mass is 10.0. The number of rotatable bonds is 2. The molecule has 0 bridgehead atoms. The summed E-state index contributed by atoms with van der Waals surface area (Å²) in [4.78, 5) is 6.69. The standard InChI is InChI=1S/C13H16BrN3/c1-8-6-9(2-5-11(8)14)12-7-16-13(15)17(12)10-3-4-10/h2,5-6,10,12H,3-4,7H2,1H3,(H2,15,16). The third kappa shape index (κ3) is 1.95. The second-order valence-electron chi connectivity index (χ2n) is 4.86. The molecule has 0 radical (unpaired) electrons. The first-order chi connectivity index (χ1) is 8.16. The number of guanidine groups is 1. The third-order valence-electron chi connectivity index (χ3n) is 3.53. The highest BCUT2D eigenvalue weighted by Gasteiger charge is 2.38. The Morgan fingerprint density at radius 1 is 1.41 bits per heavy atom. The molecule has 1 fully saturated rings. The Hall–Kier alpha value is -1.03. The van der Waals surface area contributed by atoms with Crippen LogP contribution in [-0.4, -0.2) is 23.4 Å². The van der Waals surface area contributed by atoms with E-state index in [2.05, 4.69) is 50.9 Å². The number of hydrogen-bond donors (Lipinski definition) is 1. The summed E-state index contributed by atoms with van der Waals surface area (Å²) in [6.45, 7) is 2.91. The van der Waals surface area contributed by atoms with Gasteiger partial charge in [-0.25, -0.2) is 0 Å². The topological polar surface area (TPSA) is 41.6 Å². The molecule has 0 saturated heterocycles. The fraction of sp³-hybridized carbons (Fsp3) is 0.462. The van der Waals surface area contributed by atoms with Crippen molar-refractivity contribution in [2.24, 2.45) is 10.7 Å². The lowest BCUT2D eigenvalue weighted by Gasteiger charge is -2.26. The highest BCUT2D eigenvalue weighted by molar-refractivity contribution is 9.10. The van der Waals surface area contributed by atoms with E-state index in [0.29, 0.717) is 12.1 Å². The van der Waals surface area contributed by atoms with E-state index < -0.39 is 0 Å². The lowest BCUT2D eigenvalue weighted by molar-refractivity contribution is 0.338. The minimum absolute atomic E-state index is 0.342. The van der Waals surface area contributed by atoms with Crippen LogP contribution in [0, 0.1) is 6.92 Å². The maximum absolute atomic E-state index is 5.98. The third-order valence-corrected chi connectivity index (χ3v) is 4.42. The molecule has 17 heavy (non-hydrogen) atoms. The van der Waals surface area contributed by atoms with Crippen LogP contribution in [0.1, 0.15) is 30.0 Å². The Morgan fingerprint density at radius 3 is 2.82 bits per heavy atom. The summed E-state index contributed by atoms with van der Waals surface area (Å²) in [5, 5.41) is 0. The predicted octanol–water partition coefficient (Wildman–Crippen LogP) is 2.59. The van der Waals surface area contributed by atoms with Gasteiger partial charge in [0, 0.05) is 10.5 Å². The fourth-order valence-corrected chi connectivity index (χ4v) is 2.69. The average molecular weight is 294 g/mol. The minimum atomic E-state index is 0.342.